The number of aryl methyl sites for hydroxylation is 2. The van der Waals surface area contributed by atoms with E-state index < -0.39 is 0 Å². The lowest BCUT2D eigenvalue weighted by Gasteiger charge is -2.37. The van der Waals surface area contributed by atoms with Gasteiger partial charge in [-0.15, -0.1) is 0 Å². The SMILES string of the molecule is CO[C@@H]1CCN(CC(=O)Nc2ccn(C)n2)C[C@H]1Cc1ccc(C)cc1. The molecular formula is C20H28N4O2. The average Bonchev–Trinajstić information content (AvgIpc) is 3.02. The van der Waals surface area contributed by atoms with Crippen molar-refractivity contribution in [3.63, 3.8) is 0 Å². The predicted octanol–water partition coefficient (Wildman–Crippen LogP) is 2.25. The van der Waals surface area contributed by atoms with Gasteiger partial charge in [0, 0.05) is 45.4 Å². The van der Waals surface area contributed by atoms with Gasteiger partial charge in [-0.1, -0.05) is 29.8 Å². The number of carbonyl (C=O) groups is 1. The molecule has 0 radical (unpaired) electrons. The summed E-state index contributed by atoms with van der Waals surface area (Å²) in [5.74, 6) is 0.966. The van der Waals surface area contributed by atoms with Crippen LogP contribution in [0.5, 0.6) is 0 Å². The topological polar surface area (TPSA) is 59.4 Å². The van der Waals surface area contributed by atoms with Crippen molar-refractivity contribution in [1.82, 2.24) is 14.7 Å². The first-order valence-corrected chi connectivity index (χ1v) is 9.13. The lowest BCUT2D eigenvalue weighted by atomic mass is 9.88. The van der Waals surface area contributed by atoms with Crippen molar-refractivity contribution in [3.05, 3.63) is 47.7 Å². The standard InChI is InChI=1S/C20H28N4O2/c1-15-4-6-16(7-5-15)12-17-13-24(11-8-18(17)26-3)14-20(25)21-19-9-10-23(2)22-19/h4-7,9-10,17-18H,8,11-14H2,1-3H3,(H,21,22,25)/t17-,18-/m1/s1. The van der Waals surface area contributed by atoms with E-state index >= 15 is 0 Å². The van der Waals surface area contributed by atoms with Gasteiger partial charge in [0.05, 0.1) is 12.6 Å². The minimum atomic E-state index is -0.0198. The number of aromatic nitrogens is 2. The Hall–Kier alpha value is -2.18. The quantitative estimate of drug-likeness (QED) is 0.862. The van der Waals surface area contributed by atoms with Crippen LogP contribution in [0.25, 0.3) is 0 Å². The fraction of sp³-hybridized carbons (Fsp3) is 0.500. The predicted molar refractivity (Wildman–Crippen MR) is 102 cm³/mol. The largest absolute Gasteiger partial charge is 0.381 e. The number of hydrogen-bond acceptors (Lipinski definition) is 4. The van der Waals surface area contributed by atoms with Crippen molar-refractivity contribution >= 4 is 11.7 Å². The van der Waals surface area contributed by atoms with Crippen molar-refractivity contribution in [2.75, 3.05) is 32.1 Å². The zero-order valence-electron chi connectivity index (χ0n) is 15.8. The first-order chi connectivity index (χ1) is 12.5. The number of nitrogens with zero attached hydrogens (tertiary/aromatic N) is 3. The van der Waals surface area contributed by atoms with Gasteiger partial charge in [0.2, 0.25) is 5.91 Å². The number of carbonyl (C=O) groups excluding carboxylic acids is 1. The second-order valence-corrected chi connectivity index (χ2v) is 7.17. The summed E-state index contributed by atoms with van der Waals surface area (Å²) in [6, 6.07) is 10.5. The monoisotopic (exact) mass is 356 g/mol. The van der Waals surface area contributed by atoms with Gasteiger partial charge >= 0.3 is 0 Å². The summed E-state index contributed by atoms with van der Waals surface area (Å²) in [4.78, 5) is 14.5. The maximum Gasteiger partial charge on any atom is 0.239 e. The van der Waals surface area contributed by atoms with Crippen LogP contribution in [0.3, 0.4) is 0 Å². The van der Waals surface area contributed by atoms with E-state index in [1.165, 1.54) is 11.1 Å². The van der Waals surface area contributed by atoms with E-state index in [9.17, 15) is 4.79 Å². The smallest absolute Gasteiger partial charge is 0.239 e. The Morgan fingerprint density at radius 1 is 1.31 bits per heavy atom. The molecule has 1 aliphatic heterocycles. The van der Waals surface area contributed by atoms with E-state index in [4.69, 9.17) is 4.74 Å². The first kappa shape index (κ1) is 18.6. The van der Waals surface area contributed by atoms with Crippen LogP contribution >= 0.6 is 0 Å². The molecule has 6 heteroatoms. The van der Waals surface area contributed by atoms with Gasteiger partial charge in [0.25, 0.3) is 0 Å². The summed E-state index contributed by atoms with van der Waals surface area (Å²) >= 11 is 0. The van der Waals surface area contributed by atoms with E-state index in [0.29, 0.717) is 18.3 Å². The van der Waals surface area contributed by atoms with E-state index in [-0.39, 0.29) is 12.0 Å². The first-order valence-electron chi connectivity index (χ1n) is 9.13. The van der Waals surface area contributed by atoms with E-state index in [1.54, 1.807) is 17.9 Å². The molecule has 6 nitrogen and oxygen atoms in total. The van der Waals surface area contributed by atoms with Crippen molar-refractivity contribution < 1.29 is 9.53 Å². The Morgan fingerprint density at radius 3 is 2.73 bits per heavy atom. The fourth-order valence-electron chi connectivity index (χ4n) is 3.63. The van der Waals surface area contributed by atoms with Crippen LogP contribution in [0, 0.1) is 12.8 Å². The van der Waals surface area contributed by atoms with Crippen LogP contribution in [0.4, 0.5) is 5.82 Å². The molecule has 0 saturated carbocycles. The highest BCUT2D eigenvalue weighted by atomic mass is 16.5. The molecule has 2 atom stereocenters. The number of likely N-dealkylation sites (tertiary alicyclic amines) is 1. The van der Waals surface area contributed by atoms with Crippen LogP contribution in [-0.2, 0) is 23.0 Å². The maximum atomic E-state index is 12.3. The Bertz CT molecular complexity index is 726. The van der Waals surface area contributed by atoms with E-state index in [0.717, 1.165) is 25.9 Å². The van der Waals surface area contributed by atoms with Gasteiger partial charge in [-0.25, -0.2) is 0 Å². The third-order valence-electron chi connectivity index (χ3n) is 5.02. The lowest BCUT2D eigenvalue weighted by Crippen LogP contribution is -2.47. The van der Waals surface area contributed by atoms with Crippen LogP contribution in [0.2, 0.25) is 0 Å². The fourth-order valence-corrected chi connectivity index (χ4v) is 3.63. The van der Waals surface area contributed by atoms with Crippen LogP contribution in [0.15, 0.2) is 36.5 Å². The molecule has 1 aliphatic rings. The number of methoxy groups -OCH3 is 1. The second-order valence-electron chi connectivity index (χ2n) is 7.17. The van der Waals surface area contributed by atoms with Crippen LogP contribution in [-0.4, -0.2) is 53.4 Å². The van der Waals surface area contributed by atoms with E-state index in [2.05, 4.69) is 46.5 Å². The van der Waals surface area contributed by atoms with Crippen molar-refractivity contribution in [2.45, 2.75) is 25.9 Å². The summed E-state index contributed by atoms with van der Waals surface area (Å²) < 4.78 is 7.39. The van der Waals surface area contributed by atoms with Crippen molar-refractivity contribution in [3.8, 4) is 0 Å². The Morgan fingerprint density at radius 2 is 2.08 bits per heavy atom. The number of nitrogens with one attached hydrogen (secondary N) is 1. The molecule has 1 fully saturated rings. The molecule has 1 saturated heterocycles. The minimum Gasteiger partial charge on any atom is -0.381 e. The van der Waals surface area contributed by atoms with Crippen LogP contribution < -0.4 is 5.32 Å². The van der Waals surface area contributed by atoms with Gasteiger partial charge in [-0.3, -0.25) is 14.4 Å². The normalized spacial score (nSPS) is 20.9. The summed E-state index contributed by atoms with van der Waals surface area (Å²) in [6.45, 7) is 4.22. The third kappa shape index (κ3) is 4.93. The molecule has 0 spiro atoms. The van der Waals surface area contributed by atoms with Crippen molar-refractivity contribution in [2.24, 2.45) is 13.0 Å². The zero-order chi connectivity index (χ0) is 18.5. The molecule has 0 bridgehead atoms. The Kier molecular flexibility index (Phi) is 6.06. The molecule has 26 heavy (non-hydrogen) atoms. The number of ether oxygens (including phenoxy) is 1. The van der Waals surface area contributed by atoms with Crippen molar-refractivity contribution in [1.29, 1.82) is 0 Å². The highest BCUT2D eigenvalue weighted by Gasteiger charge is 2.30. The number of hydrogen-bond donors (Lipinski definition) is 1. The number of amides is 1. The molecule has 1 N–H and O–H groups in total. The summed E-state index contributed by atoms with van der Waals surface area (Å²) in [5.41, 5.74) is 2.59. The zero-order valence-corrected chi connectivity index (χ0v) is 15.8. The van der Waals surface area contributed by atoms with Gasteiger partial charge < -0.3 is 10.1 Å². The molecule has 140 valence electrons. The molecular weight excluding hydrogens is 328 g/mol. The molecule has 0 aliphatic carbocycles. The lowest BCUT2D eigenvalue weighted by molar-refractivity contribution is -0.118. The molecule has 0 unspecified atom stereocenters. The number of rotatable bonds is 6. The molecule has 1 aromatic heterocycles. The molecule has 1 aromatic carbocycles. The van der Waals surface area contributed by atoms with Gasteiger partial charge in [0.1, 0.15) is 0 Å². The molecule has 2 heterocycles. The summed E-state index contributed by atoms with van der Waals surface area (Å²) in [7, 11) is 3.62. The Labute approximate surface area is 155 Å². The van der Waals surface area contributed by atoms with E-state index in [1.807, 2.05) is 13.2 Å². The minimum absolute atomic E-state index is 0.0198. The number of benzene rings is 1. The highest BCUT2D eigenvalue weighted by molar-refractivity contribution is 5.91. The van der Waals surface area contributed by atoms with Crippen LogP contribution in [0.1, 0.15) is 17.5 Å². The molecule has 1 amide bonds. The Balaban J connectivity index is 1.57. The van der Waals surface area contributed by atoms with Gasteiger partial charge in [0.15, 0.2) is 5.82 Å². The third-order valence-corrected chi connectivity index (χ3v) is 5.02. The average molecular weight is 356 g/mol. The van der Waals surface area contributed by atoms with Gasteiger partial charge in [-0.05, 0) is 25.3 Å². The summed E-state index contributed by atoms with van der Waals surface area (Å²) in [6.07, 6.45) is 3.98. The van der Waals surface area contributed by atoms with Gasteiger partial charge in [-0.2, -0.15) is 5.10 Å². The number of anilines is 1. The number of piperidine rings is 1. The maximum absolute atomic E-state index is 12.3. The summed E-state index contributed by atoms with van der Waals surface area (Å²) in [5, 5.41) is 7.06. The second kappa shape index (κ2) is 8.47. The highest BCUT2D eigenvalue weighted by Crippen LogP contribution is 2.24. The molecule has 3 rings (SSSR count). The molecule has 2 aromatic rings.